The quantitative estimate of drug-likeness (QED) is 0.318. The number of hydrogen-bond acceptors (Lipinski definition) is 9. The molecule has 25 heavy (non-hydrogen) atoms. The Morgan fingerprint density at radius 2 is 0.760 bits per heavy atom. The number of aliphatic carboxylic acids is 3. The fourth-order valence-corrected chi connectivity index (χ4v) is 0.610. The van der Waals surface area contributed by atoms with Crippen molar-refractivity contribution < 1.29 is 70.3 Å². The second-order valence-electron chi connectivity index (χ2n) is 4.25. The van der Waals surface area contributed by atoms with Gasteiger partial charge in [-0.1, -0.05) is 6.92 Å². The zero-order valence-corrected chi connectivity index (χ0v) is 17.2. The van der Waals surface area contributed by atoms with Crippen LogP contribution in [0.3, 0.4) is 0 Å². The molecule has 0 fully saturated rings. The third-order valence-electron chi connectivity index (χ3n) is 1.18. The molecule has 0 aromatic carbocycles. The molecule has 0 atom stereocenters. The van der Waals surface area contributed by atoms with Crippen LogP contribution in [0.1, 0.15) is 53.4 Å². The molecular formula is C15H22O9Zr. The average Bonchev–Trinajstić information content (AvgIpc) is 2.24. The van der Waals surface area contributed by atoms with Gasteiger partial charge in [0.05, 0.1) is 0 Å². The van der Waals surface area contributed by atoms with Gasteiger partial charge in [-0.15, -0.1) is 0 Å². The molecule has 0 aromatic heterocycles. The first-order valence-corrected chi connectivity index (χ1v) is 6.67. The van der Waals surface area contributed by atoms with E-state index in [1.165, 1.54) is 20.8 Å². The number of carbonyl (C=O) groups excluding carboxylic acids is 6. The van der Waals surface area contributed by atoms with Gasteiger partial charge in [-0.3, -0.25) is 14.4 Å². The van der Waals surface area contributed by atoms with Crippen LogP contribution in [0.15, 0.2) is 0 Å². The second-order valence-corrected chi connectivity index (χ2v) is 4.25. The van der Waals surface area contributed by atoms with Gasteiger partial charge in [0, 0.05) is 37.2 Å². The van der Waals surface area contributed by atoms with Crippen LogP contribution >= 0.6 is 0 Å². The number of ketones is 3. The molecule has 140 valence electrons. The monoisotopic (exact) mass is 436 g/mol. The first-order chi connectivity index (χ1) is 10.8. The number of carboxylic acid groups (broad SMARTS) is 3. The van der Waals surface area contributed by atoms with Gasteiger partial charge in [-0.25, -0.2) is 0 Å². The number of Topliss-reactive ketones (excluding diaryl/α,β-unsaturated/α-hetero) is 3. The summed E-state index contributed by atoms with van der Waals surface area (Å²) in [4.78, 5) is 57.9. The van der Waals surface area contributed by atoms with E-state index >= 15 is 0 Å². The summed E-state index contributed by atoms with van der Waals surface area (Å²) < 4.78 is 0. The van der Waals surface area contributed by atoms with Crippen LogP contribution in [0.4, 0.5) is 0 Å². The predicted octanol–water partition coefficient (Wildman–Crippen LogP) is -2.63. The smallest absolute Gasteiger partial charge is 0.550 e. The molecule has 0 rings (SSSR count). The Kier molecular flexibility index (Phi) is 34.0. The molecule has 0 spiro atoms. The number of hydrogen-bond donors (Lipinski definition) is 0. The van der Waals surface area contributed by atoms with Crippen LogP contribution in [-0.4, -0.2) is 35.3 Å². The van der Waals surface area contributed by atoms with Gasteiger partial charge in [-0.05, 0) is 20.8 Å². The minimum atomic E-state index is -1.31. The Morgan fingerprint density at radius 3 is 0.760 bits per heavy atom. The van der Waals surface area contributed by atoms with E-state index in [1.54, 1.807) is 0 Å². The van der Waals surface area contributed by atoms with Crippen molar-refractivity contribution in [3.63, 3.8) is 0 Å². The normalized spacial score (nSPS) is 7.56. The van der Waals surface area contributed by atoms with E-state index < -0.39 is 37.2 Å². The predicted molar refractivity (Wildman–Crippen MR) is 76.6 cm³/mol. The molecule has 0 bridgehead atoms. The topological polar surface area (TPSA) is 172 Å². The summed E-state index contributed by atoms with van der Waals surface area (Å²) in [5, 5.41) is 28.4. The summed E-state index contributed by atoms with van der Waals surface area (Å²) in [5.41, 5.74) is 0. The summed E-state index contributed by atoms with van der Waals surface area (Å²) in [6.45, 7) is 9.11. The largest absolute Gasteiger partial charge is 4.00 e. The van der Waals surface area contributed by atoms with Gasteiger partial charge in [0.1, 0.15) is 17.3 Å². The van der Waals surface area contributed by atoms with Gasteiger partial charge in [-0.2, -0.15) is 6.42 Å². The molecule has 0 amide bonds. The third-order valence-corrected chi connectivity index (χ3v) is 1.18. The van der Waals surface area contributed by atoms with Crippen molar-refractivity contribution in [2.24, 2.45) is 0 Å². The second kappa shape index (κ2) is 24.6. The Morgan fingerprint density at radius 1 is 0.640 bits per heavy atom. The zero-order valence-electron chi connectivity index (χ0n) is 14.7. The van der Waals surface area contributed by atoms with Crippen LogP contribution in [0, 0.1) is 6.92 Å². The van der Waals surface area contributed by atoms with Gasteiger partial charge < -0.3 is 36.6 Å². The SMILES string of the molecule is CC(=O)CC(=O)[O-].CC(=O)CC(=O)[O-].CC(=O)CC(=O)[O-].[CH2-]CC.[Zr+4]. The van der Waals surface area contributed by atoms with Crippen LogP contribution in [0.2, 0.25) is 0 Å². The Balaban J connectivity index is -0.0000000727. The van der Waals surface area contributed by atoms with Crippen molar-refractivity contribution in [3.05, 3.63) is 6.92 Å². The van der Waals surface area contributed by atoms with Crippen molar-refractivity contribution in [1.82, 2.24) is 0 Å². The first-order valence-electron chi connectivity index (χ1n) is 6.67. The Hall–Kier alpha value is -1.70. The van der Waals surface area contributed by atoms with Crippen molar-refractivity contribution >= 4 is 35.3 Å². The molecule has 0 aliphatic heterocycles. The third kappa shape index (κ3) is 86.6. The molecule has 0 N–H and O–H groups in total. The van der Waals surface area contributed by atoms with E-state index in [2.05, 4.69) is 6.92 Å². The van der Waals surface area contributed by atoms with E-state index in [9.17, 15) is 44.1 Å². The van der Waals surface area contributed by atoms with E-state index in [4.69, 9.17) is 0 Å². The number of rotatable bonds is 6. The van der Waals surface area contributed by atoms with Gasteiger partial charge in [0.25, 0.3) is 0 Å². The minimum Gasteiger partial charge on any atom is -0.550 e. The summed E-state index contributed by atoms with van der Waals surface area (Å²) in [7, 11) is 0. The van der Waals surface area contributed by atoms with Crippen molar-refractivity contribution in [3.8, 4) is 0 Å². The van der Waals surface area contributed by atoms with Crippen molar-refractivity contribution in [1.29, 1.82) is 0 Å². The standard InChI is InChI=1S/3C4H6O3.C3H7.Zr/c3*1-3(5)2-4(6)7;1-3-2;/h3*2H2,1H3,(H,6,7);1,3H2,2H3;/q;;;-1;+4/p-3. The first kappa shape index (κ1) is 34.6. The fraction of sp³-hybridized carbons (Fsp3) is 0.533. The summed E-state index contributed by atoms with van der Waals surface area (Å²) in [6, 6.07) is 0. The minimum absolute atomic E-state index is 0. The molecule has 0 aliphatic carbocycles. The van der Waals surface area contributed by atoms with Crippen molar-refractivity contribution in [2.75, 3.05) is 0 Å². The van der Waals surface area contributed by atoms with Crippen LogP contribution in [0.25, 0.3) is 0 Å². The maximum Gasteiger partial charge on any atom is 4.00 e. The van der Waals surface area contributed by atoms with Gasteiger partial charge in [0.15, 0.2) is 0 Å². The molecule has 0 heterocycles. The van der Waals surface area contributed by atoms with Crippen molar-refractivity contribution in [2.45, 2.75) is 53.4 Å². The maximum atomic E-state index is 9.83. The van der Waals surface area contributed by atoms with Crippen LogP contribution in [-0.2, 0) is 55.0 Å². The van der Waals surface area contributed by atoms with Gasteiger partial charge in [0.2, 0.25) is 0 Å². The number of carboxylic acids is 3. The molecule has 0 unspecified atom stereocenters. The molecular weight excluding hydrogens is 415 g/mol. The van der Waals surface area contributed by atoms with Crippen LogP contribution in [0.5, 0.6) is 0 Å². The molecule has 0 radical (unpaired) electrons. The fourth-order valence-electron chi connectivity index (χ4n) is 0.610. The Bertz CT molecular complexity index is 333. The molecule has 0 aliphatic rings. The summed E-state index contributed by atoms with van der Waals surface area (Å²) >= 11 is 0. The molecule has 9 nitrogen and oxygen atoms in total. The zero-order chi connectivity index (χ0) is 20.3. The van der Waals surface area contributed by atoms with E-state index in [1.807, 2.05) is 6.92 Å². The van der Waals surface area contributed by atoms with Gasteiger partial charge >= 0.3 is 26.2 Å². The molecule has 0 saturated heterocycles. The van der Waals surface area contributed by atoms with Crippen LogP contribution < -0.4 is 15.3 Å². The summed E-state index contributed by atoms with van der Waals surface area (Å²) in [5.74, 6) is -5.06. The molecule has 0 saturated carbocycles. The summed E-state index contributed by atoms with van der Waals surface area (Å²) in [6.07, 6.45) is -0.417. The van der Waals surface area contributed by atoms with E-state index in [0.29, 0.717) is 0 Å². The van der Waals surface area contributed by atoms with E-state index in [0.717, 1.165) is 6.42 Å². The van der Waals surface area contributed by atoms with E-state index in [-0.39, 0.29) is 43.6 Å². The molecule has 10 heteroatoms. The maximum absolute atomic E-state index is 9.83. The number of carbonyl (C=O) groups is 6. The average molecular weight is 438 g/mol. The Labute approximate surface area is 165 Å². The molecule has 0 aromatic rings.